The van der Waals surface area contributed by atoms with Crippen LogP contribution in [0.25, 0.3) is 0 Å². The molecule has 1 rings (SSSR count). The molecule has 1 aromatic rings. The molecule has 118 valence electrons. The Morgan fingerprint density at radius 2 is 2.05 bits per heavy atom. The van der Waals surface area contributed by atoms with Gasteiger partial charge in [-0.3, -0.25) is 4.79 Å². The number of hydrogen-bond acceptors (Lipinski definition) is 4. The van der Waals surface area contributed by atoms with Crippen LogP contribution in [0.2, 0.25) is 0 Å². The van der Waals surface area contributed by atoms with Crippen molar-refractivity contribution in [3.63, 3.8) is 0 Å². The maximum absolute atomic E-state index is 12.4. The van der Waals surface area contributed by atoms with Crippen LogP contribution in [0.3, 0.4) is 0 Å². The van der Waals surface area contributed by atoms with Crippen LogP contribution in [0.1, 0.15) is 30.6 Å². The Hall–Kier alpha value is -1.75. The summed E-state index contributed by atoms with van der Waals surface area (Å²) in [6.45, 7) is 5.60. The summed E-state index contributed by atoms with van der Waals surface area (Å²) in [7, 11) is 5.19. The first-order chi connectivity index (χ1) is 9.92. The number of nitrogen functional groups attached to an aromatic ring is 1. The van der Waals surface area contributed by atoms with E-state index in [0.717, 1.165) is 18.7 Å². The molecule has 0 bridgehead atoms. The number of nitrogens with two attached hydrogens (primary N) is 1. The van der Waals surface area contributed by atoms with Gasteiger partial charge in [-0.2, -0.15) is 0 Å². The maximum Gasteiger partial charge on any atom is 0.255 e. The van der Waals surface area contributed by atoms with Gasteiger partial charge in [0.15, 0.2) is 0 Å². The van der Waals surface area contributed by atoms with Crippen molar-refractivity contribution in [3.8, 4) is 0 Å². The van der Waals surface area contributed by atoms with E-state index in [1.165, 1.54) is 0 Å². The van der Waals surface area contributed by atoms with Crippen LogP contribution < -0.4 is 10.6 Å². The van der Waals surface area contributed by atoms with Crippen molar-refractivity contribution in [1.82, 2.24) is 4.90 Å². The zero-order chi connectivity index (χ0) is 16.0. The average Bonchev–Trinajstić information content (AvgIpc) is 2.46. The molecule has 0 aliphatic heterocycles. The van der Waals surface area contributed by atoms with Crippen LogP contribution in [0.15, 0.2) is 18.2 Å². The molecule has 0 radical (unpaired) electrons. The minimum atomic E-state index is -0.0179. The molecule has 5 nitrogen and oxygen atoms in total. The summed E-state index contributed by atoms with van der Waals surface area (Å²) >= 11 is 0. The van der Waals surface area contributed by atoms with E-state index in [4.69, 9.17) is 10.5 Å². The van der Waals surface area contributed by atoms with Gasteiger partial charge in [-0.15, -0.1) is 0 Å². The molecule has 0 aliphatic carbocycles. The Morgan fingerprint density at radius 1 is 1.38 bits per heavy atom. The molecule has 0 spiro atoms. The van der Waals surface area contributed by atoms with Crippen molar-refractivity contribution < 1.29 is 9.53 Å². The van der Waals surface area contributed by atoms with Gasteiger partial charge in [0.1, 0.15) is 0 Å². The minimum absolute atomic E-state index is 0.0179. The standard InChI is InChI=1S/C16H27N3O2/c1-6-12(2)19(9-10-21-5)15-11-13(17)7-8-14(15)16(20)18(3)4/h7-8,11-12H,6,9-10,17H2,1-5H3. The Balaban J connectivity index is 3.27. The van der Waals surface area contributed by atoms with Gasteiger partial charge in [0, 0.05) is 39.5 Å². The van der Waals surface area contributed by atoms with Crippen molar-refractivity contribution >= 4 is 17.3 Å². The van der Waals surface area contributed by atoms with Crippen LogP contribution >= 0.6 is 0 Å². The largest absolute Gasteiger partial charge is 0.399 e. The van der Waals surface area contributed by atoms with Crippen LogP contribution in [0.5, 0.6) is 0 Å². The third kappa shape index (κ3) is 4.36. The summed E-state index contributed by atoms with van der Waals surface area (Å²) in [5, 5.41) is 0. The van der Waals surface area contributed by atoms with Gasteiger partial charge in [-0.05, 0) is 31.5 Å². The molecule has 0 aromatic heterocycles. The van der Waals surface area contributed by atoms with Gasteiger partial charge in [0.05, 0.1) is 17.9 Å². The normalized spacial score (nSPS) is 12.0. The predicted octanol–water partition coefficient (Wildman–Crippen LogP) is 2.22. The summed E-state index contributed by atoms with van der Waals surface area (Å²) in [6, 6.07) is 5.75. The highest BCUT2D eigenvalue weighted by Crippen LogP contribution is 2.27. The van der Waals surface area contributed by atoms with Crippen LogP contribution in [-0.4, -0.2) is 51.2 Å². The first kappa shape index (κ1) is 17.3. The fourth-order valence-corrected chi connectivity index (χ4v) is 2.20. The number of carbonyl (C=O) groups is 1. The summed E-state index contributed by atoms with van der Waals surface area (Å²) < 4.78 is 5.20. The number of nitrogens with zero attached hydrogens (tertiary/aromatic N) is 2. The Kier molecular flexibility index (Phi) is 6.49. The van der Waals surface area contributed by atoms with Gasteiger partial charge in [0.2, 0.25) is 0 Å². The molecular formula is C16H27N3O2. The van der Waals surface area contributed by atoms with Gasteiger partial charge in [-0.1, -0.05) is 6.92 Å². The second-order valence-corrected chi connectivity index (χ2v) is 5.42. The van der Waals surface area contributed by atoms with E-state index in [0.29, 0.717) is 23.9 Å². The van der Waals surface area contributed by atoms with E-state index in [9.17, 15) is 4.79 Å². The molecule has 2 N–H and O–H groups in total. The zero-order valence-electron chi connectivity index (χ0n) is 13.7. The second kappa shape index (κ2) is 7.88. The van der Waals surface area contributed by atoms with E-state index in [2.05, 4.69) is 18.7 Å². The Labute approximate surface area is 127 Å². The van der Waals surface area contributed by atoms with Crippen molar-refractivity contribution in [3.05, 3.63) is 23.8 Å². The molecule has 1 amide bonds. The fraction of sp³-hybridized carbons (Fsp3) is 0.562. The number of benzene rings is 1. The van der Waals surface area contributed by atoms with Crippen LogP contribution in [0.4, 0.5) is 11.4 Å². The lowest BCUT2D eigenvalue weighted by atomic mass is 10.1. The maximum atomic E-state index is 12.4. The number of rotatable bonds is 7. The predicted molar refractivity (Wildman–Crippen MR) is 87.8 cm³/mol. The van der Waals surface area contributed by atoms with E-state index in [1.54, 1.807) is 38.2 Å². The molecule has 5 heteroatoms. The topological polar surface area (TPSA) is 58.8 Å². The molecule has 0 saturated heterocycles. The quantitative estimate of drug-likeness (QED) is 0.783. The first-order valence-corrected chi connectivity index (χ1v) is 7.29. The van der Waals surface area contributed by atoms with Crippen LogP contribution in [-0.2, 0) is 4.74 Å². The van der Waals surface area contributed by atoms with Crippen LogP contribution in [0, 0.1) is 0 Å². The summed E-state index contributed by atoms with van der Waals surface area (Å²) in [5.41, 5.74) is 8.13. The molecule has 1 aromatic carbocycles. The number of ether oxygens (including phenoxy) is 1. The number of carbonyl (C=O) groups excluding carboxylic acids is 1. The SMILES string of the molecule is CCC(C)N(CCOC)c1cc(N)ccc1C(=O)N(C)C. The van der Waals surface area contributed by atoms with Crippen molar-refractivity contribution in [2.75, 3.05) is 45.0 Å². The highest BCUT2D eigenvalue weighted by atomic mass is 16.5. The molecule has 1 unspecified atom stereocenters. The lowest BCUT2D eigenvalue weighted by Crippen LogP contribution is -2.37. The highest BCUT2D eigenvalue weighted by molar-refractivity contribution is 6.00. The second-order valence-electron chi connectivity index (χ2n) is 5.42. The van der Waals surface area contributed by atoms with Crippen molar-refractivity contribution in [2.24, 2.45) is 0 Å². The monoisotopic (exact) mass is 293 g/mol. The average molecular weight is 293 g/mol. The molecule has 0 aliphatic rings. The smallest absolute Gasteiger partial charge is 0.255 e. The molecule has 1 atom stereocenters. The van der Waals surface area contributed by atoms with Gasteiger partial charge in [-0.25, -0.2) is 0 Å². The first-order valence-electron chi connectivity index (χ1n) is 7.29. The van der Waals surface area contributed by atoms with E-state index in [1.807, 2.05) is 6.07 Å². The zero-order valence-corrected chi connectivity index (χ0v) is 13.7. The fourth-order valence-electron chi connectivity index (χ4n) is 2.20. The Morgan fingerprint density at radius 3 is 2.57 bits per heavy atom. The summed E-state index contributed by atoms with van der Waals surface area (Å²) in [6.07, 6.45) is 0.980. The van der Waals surface area contributed by atoms with Gasteiger partial charge >= 0.3 is 0 Å². The number of amides is 1. The van der Waals surface area contributed by atoms with Crippen molar-refractivity contribution in [2.45, 2.75) is 26.3 Å². The molecular weight excluding hydrogens is 266 g/mol. The third-order valence-electron chi connectivity index (χ3n) is 3.63. The number of methoxy groups -OCH3 is 1. The summed E-state index contributed by atoms with van der Waals surface area (Å²) in [4.78, 5) is 16.2. The van der Waals surface area contributed by atoms with Gasteiger partial charge < -0.3 is 20.3 Å². The molecule has 0 fully saturated rings. The van der Waals surface area contributed by atoms with E-state index < -0.39 is 0 Å². The van der Waals surface area contributed by atoms with E-state index in [-0.39, 0.29) is 5.91 Å². The lowest BCUT2D eigenvalue weighted by molar-refractivity contribution is 0.0828. The van der Waals surface area contributed by atoms with Crippen molar-refractivity contribution in [1.29, 1.82) is 0 Å². The molecule has 21 heavy (non-hydrogen) atoms. The van der Waals surface area contributed by atoms with E-state index >= 15 is 0 Å². The number of hydrogen-bond donors (Lipinski definition) is 1. The molecule has 0 heterocycles. The summed E-state index contributed by atoms with van der Waals surface area (Å²) in [5.74, 6) is -0.0179. The minimum Gasteiger partial charge on any atom is -0.399 e. The van der Waals surface area contributed by atoms with Gasteiger partial charge in [0.25, 0.3) is 5.91 Å². The Bertz CT molecular complexity index is 475. The lowest BCUT2D eigenvalue weighted by Gasteiger charge is -2.32. The number of anilines is 2. The molecule has 0 saturated carbocycles. The highest BCUT2D eigenvalue weighted by Gasteiger charge is 2.21. The third-order valence-corrected chi connectivity index (χ3v) is 3.63.